The molecule has 30 heavy (non-hydrogen) atoms. The molecule has 4 nitrogen and oxygen atoms in total. The summed E-state index contributed by atoms with van der Waals surface area (Å²) in [6.07, 6.45) is 4.98. The average Bonchev–Trinajstić information content (AvgIpc) is 2.72. The fourth-order valence-corrected chi connectivity index (χ4v) is 4.44. The van der Waals surface area contributed by atoms with Crippen molar-refractivity contribution >= 4 is 11.6 Å². The summed E-state index contributed by atoms with van der Waals surface area (Å²) in [4.78, 5) is 26.2. The van der Waals surface area contributed by atoms with E-state index in [0.29, 0.717) is 30.7 Å². The largest absolute Gasteiger partial charge is 0.505 e. The van der Waals surface area contributed by atoms with Crippen molar-refractivity contribution in [2.45, 2.75) is 53.0 Å². The highest BCUT2D eigenvalue weighted by atomic mass is 16.3. The molecule has 0 amide bonds. The van der Waals surface area contributed by atoms with Gasteiger partial charge in [-0.1, -0.05) is 67.5 Å². The molecule has 2 unspecified atom stereocenters. The number of Topliss-reactive ketones (excluding diaryl/α,β-unsaturated/α-hetero) is 2. The van der Waals surface area contributed by atoms with Crippen molar-refractivity contribution < 1.29 is 14.7 Å². The Hall–Kier alpha value is -2.88. The highest BCUT2D eigenvalue weighted by Crippen LogP contribution is 2.41. The highest BCUT2D eigenvalue weighted by molar-refractivity contribution is 6.50. The predicted molar refractivity (Wildman–Crippen MR) is 120 cm³/mol. The van der Waals surface area contributed by atoms with Crippen molar-refractivity contribution in [2.75, 3.05) is 0 Å². The smallest absolute Gasteiger partial charge is 0.233 e. The molecule has 0 spiro atoms. The Morgan fingerprint density at radius 1 is 1.20 bits per heavy atom. The number of nitrogens with one attached hydrogen (secondary N) is 1. The zero-order valence-corrected chi connectivity index (χ0v) is 18.1. The molecule has 0 saturated heterocycles. The number of rotatable bonds is 7. The lowest BCUT2D eigenvalue weighted by Gasteiger charge is -2.33. The van der Waals surface area contributed by atoms with Crippen molar-refractivity contribution in [3.63, 3.8) is 0 Å². The number of carbonyl (C=O) groups excluding carboxylic acids is 2. The molecule has 2 N–H and O–H groups in total. The standard InChI is InChI=1S/C26H31NO3/c1-5-9-20-23(27-15-18-10-7-6-8-11-18)25(29)22(26(30)24(20)28)21-14-17(4)12-13-19(21)16(2)3/h6-8,10-11,14,19,21,27,29H,2,5,9,12-13,15H2,1,3-4H3. The first-order valence-corrected chi connectivity index (χ1v) is 10.7. The Kier molecular flexibility index (Phi) is 6.76. The van der Waals surface area contributed by atoms with Crippen LogP contribution in [0.15, 0.2) is 76.7 Å². The minimum atomic E-state index is -0.580. The van der Waals surface area contributed by atoms with Gasteiger partial charge in [0.1, 0.15) is 5.76 Å². The second kappa shape index (κ2) is 9.29. The van der Waals surface area contributed by atoms with Crippen LogP contribution in [0, 0.1) is 11.8 Å². The normalized spacial score (nSPS) is 22.3. The lowest BCUT2D eigenvalue weighted by Crippen LogP contribution is -2.36. The third-order valence-electron chi connectivity index (χ3n) is 6.04. The van der Waals surface area contributed by atoms with Crippen molar-refractivity contribution in [1.82, 2.24) is 5.32 Å². The molecule has 1 aromatic rings. The van der Waals surface area contributed by atoms with Gasteiger partial charge in [0.2, 0.25) is 11.6 Å². The Labute approximate surface area is 179 Å². The van der Waals surface area contributed by atoms with Gasteiger partial charge in [-0.3, -0.25) is 9.59 Å². The SMILES string of the molecule is C=C(C)C1CCC(C)=CC1C1=C(O)C(NCc2ccccc2)=C(CCC)C(=O)C1=O. The van der Waals surface area contributed by atoms with Gasteiger partial charge in [0.25, 0.3) is 0 Å². The van der Waals surface area contributed by atoms with Crippen LogP contribution < -0.4 is 5.32 Å². The van der Waals surface area contributed by atoms with E-state index >= 15 is 0 Å². The van der Waals surface area contributed by atoms with Gasteiger partial charge in [0, 0.05) is 18.0 Å². The van der Waals surface area contributed by atoms with Gasteiger partial charge >= 0.3 is 0 Å². The van der Waals surface area contributed by atoms with Gasteiger partial charge in [-0.05, 0) is 44.6 Å². The molecule has 2 atom stereocenters. The van der Waals surface area contributed by atoms with E-state index in [-0.39, 0.29) is 23.2 Å². The first-order valence-electron chi connectivity index (χ1n) is 10.7. The van der Waals surface area contributed by atoms with Gasteiger partial charge in [-0.15, -0.1) is 0 Å². The second-order valence-corrected chi connectivity index (χ2v) is 8.39. The third kappa shape index (κ3) is 4.33. The molecule has 0 saturated carbocycles. The van der Waals surface area contributed by atoms with Crippen LogP contribution in [-0.2, 0) is 16.1 Å². The average molecular weight is 406 g/mol. The minimum absolute atomic E-state index is 0.0331. The van der Waals surface area contributed by atoms with Crippen molar-refractivity contribution in [2.24, 2.45) is 11.8 Å². The van der Waals surface area contributed by atoms with E-state index in [1.165, 1.54) is 5.57 Å². The third-order valence-corrected chi connectivity index (χ3v) is 6.04. The molecule has 0 heterocycles. The van der Waals surface area contributed by atoms with Crippen molar-refractivity contribution in [3.8, 4) is 0 Å². The number of allylic oxidation sites excluding steroid dienone is 5. The van der Waals surface area contributed by atoms with Crippen LogP contribution in [0.2, 0.25) is 0 Å². The number of ketones is 2. The fraction of sp³-hybridized carbons (Fsp3) is 0.385. The number of hydrogen-bond donors (Lipinski definition) is 2. The first kappa shape index (κ1) is 21.8. The maximum absolute atomic E-state index is 13.1. The van der Waals surface area contributed by atoms with Crippen LogP contribution in [0.25, 0.3) is 0 Å². The van der Waals surface area contributed by atoms with Crippen molar-refractivity contribution in [3.05, 3.63) is 82.3 Å². The molecule has 0 aliphatic heterocycles. The zero-order valence-electron chi connectivity index (χ0n) is 18.1. The van der Waals surface area contributed by atoms with Gasteiger partial charge in [-0.25, -0.2) is 0 Å². The fourth-order valence-electron chi connectivity index (χ4n) is 4.44. The summed E-state index contributed by atoms with van der Waals surface area (Å²) in [7, 11) is 0. The van der Waals surface area contributed by atoms with Crippen LogP contribution >= 0.6 is 0 Å². The van der Waals surface area contributed by atoms with Crippen molar-refractivity contribution in [1.29, 1.82) is 0 Å². The predicted octanol–water partition coefficient (Wildman–Crippen LogP) is 5.34. The molecular formula is C26H31NO3. The summed E-state index contributed by atoms with van der Waals surface area (Å²) in [6, 6.07) is 9.80. The van der Waals surface area contributed by atoms with Crippen LogP contribution in [0.1, 0.15) is 52.0 Å². The van der Waals surface area contributed by atoms with E-state index in [9.17, 15) is 14.7 Å². The van der Waals surface area contributed by atoms with Crippen LogP contribution in [0.4, 0.5) is 0 Å². The van der Waals surface area contributed by atoms with E-state index in [0.717, 1.165) is 24.0 Å². The lowest BCUT2D eigenvalue weighted by atomic mass is 9.70. The van der Waals surface area contributed by atoms with Gasteiger partial charge in [0.15, 0.2) is 0 Å². The van der Waals surface area contributed by atoms with Crippen LogP contribution in [-0.4, -0.2) is 16.7 Å². The quantitative estimate of drug-likeness (QED) is 0.365. The highest BCUT2D eigenvalue weighted by Gasteiger charge is 2.41. The molecule has 0 fully saturated rings. The summed E-state index contributed by atoms with van der Waals surface area (Å²) in [5.41, 5.74) is 4.15. The van der Waals surface area contributed by atoms with E-state index in [1.807, 2.05) is 57.2 Å². The number of aliphatic hydroxyl groups is 1. The Morgan fingerprint density at radius 2 is 1.90 bits per heavy atom. The maximum Gasteiger partial charge on any atom is 0.233 e. The molecule has 2 aliphatic rings. The monoisotopic (exact) mass is 405 g/mol. The Balaban J connectivity index is 2.07. The summed E-state index contributed by atoms with van der Waals surface area (Å²) >= 11 is 0. The van der Waals surface area contributed by atoms with Gasteiger partial charge in [-0.2, -0.15) is 0 Å². The molecule has 0 radical (unpaired) electrons. The molecular weight excluding hydrogens is 374 g/mol. The molecule has 0 aromatic heterocycles. The molecule has 2 aliphatic carbocycles. The maximum atomic E-state index is 13.1. The molecule has 3 rings (SSSR count). The summed E-state index contributed by atoms with van der Waals surface area (Å²) in [6.45, 7) is 10.5. The zero-order chi connectivity index (χ0) is 21.8. The summed E-state index contributed by atoms with van der Waals surface area (Å²) in [5.74, 6) is -1.46. The molecule has 1 aromatic carbocycles. The van der Waals surface area contributed by atoms with E-state index in [1.54, 1.807) is 0 Å². The number of hydrogen-bond acceptors (Lipinski definition) is 4. The first-order chi connectivity index (χ1) is 14.3. The molecule has 0 bridgehead atoms. The summed E-state index contributed by atoms with van der Waals surface area (Å²) in [5, 5.41) is 14.5. The number of aliphatic hydroxyl groups excluding tert-OH is 1. The Bertz CT molecular complexity index is 950. The summed E-state index contributed by atoms with van der Waals surface area (Å²) < 4.78 is 0. The van der Waals surface area contributed by atoms with Crippen LogP contribution in [0.3, 0.4) is 0 Å². The van der Waals surface area contributed by atoms with E-state index in [2.05, 4.69) is 11.9 Å². The number of carbonyl (C=O) groups is 2. The Morgan fingerprint density at radius 3 is 2.53 bits per heavy atom. The van der Waals surface area contributed by atoms with Gasteiger partial charge < -0.3 is 10.4 Å². The van der Waals surface area contributed by atoms with Crippen LogP contribution in [0.5, 0.6) is 0 Å². The van der Waals surface area contributed by atoms with Gasteiger partial charge in [0.05, 0.1) is 11.3 Å². The van der Waals surface area contributed by atoms with E-state index < -0.39 is 11.6 Å². The van der Waals surface area contributed by atoms with E-state index in [4.69, 9.17) is 0 Å². The lowest BCUT2D eigenvalue weighted by molar-refractivity contribution is -0.133. The number of benzene rings is 1. The molecule has 4 heteroatoms. The minimum Gasteiger partial charge on any atom is -0.505 e. The second-order valence-electron chi connectivity index (χ2n) is 8.39. The molecule has 158 valence electrons. The topological polar surface area (TPSA) is 66.4 Å².